The van der Waals surface area contributed by atoms with Gasteiger partial charge in [0, 0.05) is 31.4 Å². The number of alkyl halides is 3. The van der Waals surface area contributed by atoms with Crippen molar-refractivity contribution in [1.29, 1.82) is 0 Å². The third kappa shape index (κ3) is 4.53. The maximum absolute atomic E-state index is 12.7. The van der Waals surface area contributed by atoms with E-state index >= 15 is 0 Å². The minimum atomic E-state index is -4.45. The number of hydrogen-bond acceptors (Lipinski definition) is 3. The van der Waals surface area contributed by atoms with Crippen LogP contribution in [-0.2, 0) is 6.18 Å². The van der Waals surface area contributed by atoms with Crippen LogP contribution in [0, 0.1) is 5.92 Å². The summed E-state index contributed by atoms with van der Waals surface area (Å²) in [6, 6.07) is 10.3. The van der Waals surface area contributed by atoms with Crippen molar-refractivity contribution >= 4 is 11.7 Å². The normalized spacial score (nSPS) is 15.7. The van der Waals surface area contributed by atoms with Crippen LogP contribution in [0.5, 0.6) is 0 Å². The molecule has 2 heterocycles. The number of piperidine rings is 1. The quantitative estimate of drug-likeness (QED) is 0.900. The lowest BCUT2D eigenvalue weighted by Crippen LogP contribution is -2.39. The number of halogens is 3. The Kier molecular flexibility index (Phi) is 5.44. The van der Waals surface area contributed by atoms with E-state index in [-0.39, 0.29) is 5.56 Å². The Bertz CT molecular complexity index is 741. The Hall–Kier alpha value is -2.57. The Balaban J connectivity index is 1.50. The summed E-state index contributed by atoms with van der Waals surface area (Å²) in [6.07, 6.45) is -0.885. The first kappa shape index (κ1) is 18.2. The van der Waals surface area contributed by atoms with Gasteiger partial charge < -0.3 is 10.2 Å². The zero-order chi connectivity index (χ0) is 18.6. The van der Waals surface area contributed by atoms with Crippen molar-refractivity contribution < 1.29 is 18.0 Å². The van der Waals surface area contributed by atoms with E-state index in [2.05, 4.69) is 15.2 Å². The number of carbonyl (C=O) groups is 1. The molecule has 0 spiro atoms. The van der Waals surface area contributed by atoms with Gasteiger partial charge in [-0.15, -0.1) is 0 Å². The number of rotatable bonds is 4. The molecule has 1 amide bonds. The van der Waals surface area contributed by atoms with Crippen LogP contribution >= 0.6 is 0 Å². The highest BCUT2D eigenvalue weighted by atomic mass is 19.4. The summed E-state index contributed by atoms with van der Waals surface area (Å²) in [7, 11) is 0. The molecule has 0 radical (unpaired) electrons. The molecule has 1 saturated heterocycles. The second kappa shape index (κ2) is 7.76. The van der Waals surface area contributed by atoms with Crippen LogP contribution in [0.15, 0.2) is 48.7 Å². The van der Waals surface area contributed by atoms with E-state index in [9.17, 15) is 18.0 Å². The van der Waals surface area contributed by atoms with Gasteiger partial charge in [0.2, 0.25) is 0 Å². The Morgan fingerprint density at radius 2 is 1.92 bits per heavy atom. The van der Waals surface area contributed by atoms with Gasteiger partial charge >= 0.3 is 6.18 Å². The molecule has 3 rings (SSSR count). The second-order valence-electron chi connectivity index (χ2n) is 6.41. The predicted molar refractivity (Wildman–Crippen MR) is 93.0 cm³/mol. The van der Waals surface area contributed by atoms with Crippen molar-refractivity contribution in [2.45, 2.75) is 19.0 Å². The van der Waals surface area contributed by atoms with E-state index in [1.807, 2.05) is 18.2 Å². The van der Waals surface area contributed by atoms with Gasteiger partial charge in [-0.05, 0) is 49.1 Å². The molecule has 1 fully saturated rings. The van der Waals surface area contributed by atoms with Crippen LogP contribution in [0.2, 0.25) is 0 Å². The second-order valence-corrected chi connectivity index (χ2v) is 6.41. The summed E-state index contributed by atoms with van der Waals surface area (Å²) < 4.78 is 38.2. The zero-order valence-corrected chi connectivity index (χ0v) is 14.2. The SMILES string of the molecule is O=C(NCC1CCN(c2ccccn2)CC1)c1cccc(C(F)(F)F)c1. The van der Waals surface area contributed by atoms with Crippen molar-refractivity contribution in [3.63, 3.8) is 0 Å². The summed E-state index contributed by atoms with van der Waals surface area (Å²) in [6.45, 7) is 2.16. The van der Waals surface area contributed by atoms with Crippen LogP contribution in [0.3, 0.4) is 0 Å². The Morgan fingerprint density at radius 1 is 1.15 bits per heavy atom. The van der Waals surface area contributed by atoms with Crippen LogP contribution < -0.4 is 10.2 Å². The minimum Gasteiger partial charge on any atom is -0.357 e. The smallest absolute Gasteiger partial charge is 0.357 e. The van der Waals surface area contributed by atoms with Crippen molar-refractivity contribution in [2.75, 3.05) is 24.5 Å². The summed E-state index contributed by atoms with van der Waals surface area (Å²) in [5.41, 5.74) is -0.778. The monoisotopic (exact) mass is 363 g/mol. The maximum Gasteiger partial charge on any atom is 0.416 e. The Morgan fingerprint density at radius 3 is 2.58 bits per heavy atom. The fraction of sp³-hybridized carbons (Fsp3) is 0.368. The molecule has 0 bridgehead atoms. The highest BCUT2D eigenvalue weighted by molar-refractivity contribution is 5.94. The van der Waals surface area contributed by atoms with E-state index in [4.69, 9.17) is 0 Å². The molecule has 0 atom stereocenters. The van der Waals surface area contributed by atoms with Gasteiger partial charge in [0.25, 0.3) is 5.91 Å². The molecule has 2 aromatic rings. The third-order valence-corrected chi connectivity index (χ3v) is 4.59. The lowest BCUT2D eigenvalue weighted by atomic mass is 9.96. The summed E-state index contributed by atoms with van der Waals surface area (Å²) >= 11 is 0. The van der Waals surface area contributed by atoms with Gasteiger partial charge in [-0.1, -0.05) is 12.1 Å². The first-order chi connectivity index (χ1) is 12.4. The number of hydrogen-bond donors (Lipinski definition) is 1. The van der Waals surface area contributed by atoms with E-state index in [0.717, 1.165) is 43.9 Å². The molecular weight excluding hydrogens is 343 g/mol. The molecule has 4 nitrogen and oxygen atoms in total. The standard InChI is InChI=1S/C19H20F3N3O/c20-19(21,22)16-5-3-4-15(12-16)18(26)24-13-14-7-10-25(11-8-14)17-6-1-2-9-23-17/h1-6,9,12,14H,7-8,10-11,13H2,(H,24,26). The van der Waals surface area contributed by atoms with Gasteiger partial charge in [0.05, 0.1) is 5.56 Å². The molecule has 138 valence electrons. The zero-order valence-electron chi connectivity index (χ0n) is 14.2. The van der Waals surface area contributed by atoms with E-state index < -0.39 is 17.6 Å². The number of carbonyl (C=O) groups excluding carboxylic acids is 1. The maximum atomic E-state index is 12.7. The number of benzene rings is 1. The van der Waals surface area contributed by atoms with Crippen LogP contribution in [-0.4, -0.2) is 30.5 Å². The summed E-state index contributed by atoms with van der Waals surface area (Å²) in [4.78, 5) is 18.7. The fourth-order valence-corrected chi connectivity index (χ4v) is 3.08. The van der Waals surface area contributed by atoms with Crippen LogP contribution in [0.25, 0.3) is 0 Å². The molecule has 0 unspecified atom stereocenters. The van der Waals surface area contributed by atoms with E-state index in [0.29, 0.717) is 12.5 Å². The van der Waals surface area contributed by atoms with Crippen LogP contribution in [0.1, 0.15) is 28.8 Å². The van der Waals surface area contributed by atoms with E-state index in [1.54, 1.807) is 6.20 Å². The number of anilines is 1. The van der Waals surface area contributed by atoms with Gasteiger partial charge in [0.1, 0.15) is 5.82 Å². The van der Waals surface area contributed by atoms with Gasteiger partial charge in [-0.25, -0.2) is 4.98 Å². The Labute approximate surface area is 150 Å². The number of aromatic nitrogens is 1. The van der Waals surface area contributed by atoms with Gasteiger partial charge in [-0.2, -0.15) is 13.2 Å². The lowest BCUT2D eigenvalue weighted by molar-refractivity contribution is -0.137. The molecule has 0 saturated carbocycles. The summed E-state index contributed by atoms with van der Waals surface area (Å²) in [5.74, 6) is 0.784. The molecule has 1 aromatic carbocycles. The predicted octanol–water partition coefficient (Wildman–Crippen LogP) is 3.75. The number of pyridine rings is 1. The van der Waals surface area contributed by atoms with Crippen LogP contribution in [0.4, 0.5) is 19.0 Å². The first-order valence-electron chi connectivity index (χ1n) is 8.55. The van der Waals surface area contributed by atoms with E-state index in [1.165, 1.54) is 12.1 Å². The van der Waals surface area contributed by atoms with Crippen molar-refractivity contribution in [3.05, 3.63) is 59.8 Å². The third-order valence-electron chi connectivity index (χ3n) is 4.59. The number of nitrogens with zero attached hydrogens (tertiary/aromatic N) is 2. The fourth-order valence-electron chi connectivity index (χ4n) is 3.08. The molecule has 7 heteroatoms. The van der Waals surface area contributed by atoms with Gasteiger partial charge in [0.15, 0.2) is 0 Å². The highest BCUT2D eigenvalue weighted by Crippen LogP contribution is 2.29. The number of amides is 1. The summed E-state index contributed by atoms with van der Waals surface area (Å²) in [5, 5.41) is 2.76. The first-order valence-corrected chi connectivity index (χ1v) is 8.55. The lowest BCUT2D eigenvalue weighted by Gasteiger charge is -2.32. The molecular formula is C19H20F3N3O. The average Bonchev–Trinajstić information content (AvgIpc) is 2.66. The molecule has 1 aromatic heterocycles. The molecule has 1 aliphatic heterocycles. The molecule has 1 N–H and O–H groups in total. The topological polar surface area (TPSA) is 45.2 Å². The van der Waals surface area contributed by atoms with Crippen molar-refractivity contribution in [1.82, 2.24) is 10.3 Å². The molecule has 0 aliphatic carbocycles. The average molecular weight is 363 g/mol. The molecule has 1 aliphatic rings. The molecule has 26 heavy (non-hydrogen) atoms. The number of nitrogens with one attached hydrogen (secondary N) is 1. The van der Waals surface area contributed by atoms with Gasteiger partial charge in [-0.3, -0.25) is 4.79 Å². The van der Waals surface area contributed by atoms with Crippen molar-refractivity contribution in [2.24, 2.45) is 5.92 Å². The largest absolute Gasteiger partial charge is 0.416 e. The van der Waals surface area contributed by atoms with Crippen molar-refractivity contribution in [3.8, 4) is 0 Å². The minimum absolute atomic E-state index is 0.0331. The highest BCUT2D eigenvalue weighted by Gasteiger charge is 2.31.